The summed E-state index contributed by atoms with van der Waals surface area (Å²) in [5, 5.41) is 0. The zero-order valence-corrected chi connectivity index (χ0v) is 15.1. The Morgan fingerprint density at radius 1 is 1.40 bits per heavy atom. The lowest BCUT2D eigenvalue weighted by molar-refractivity contribution is -0.0402. The fourth-order valence-electron chi connectivity index (χ4n) is 2.56. The lowest BCUT2D eigenvalue weighted by Gasteiger charge is -2.32. The third-order valence-corrected chi connectivity index (χ3v) is 4.24. The highest BCUT2D eigenvalue weighted by molar-refractivity contribution is 9.10. The SMILES string of the molecule is C#Cc1cccc(OCC2CN(C(=O)c3cccc(Br)n3)CCO2)c1. The standard InChI is InChI=1S/C19H17BrN2O3/c1-2-14-5-3-6-15(11-14)25-13-16-12-22(9-10-24-16)19(23)17-7-4-8-18(20)21-17/h1,3-8,11,16H,9-10,12-13H2. The van der Waals surface area contributed by atoms with Crippen LogP contribution in [-0.2, 0) is 4.74 Å². The van der Waals surface area contributed by atoms with Crippen molar-refractivity contribution in [3.05, 3.63) is 58.3 Å². The number of carbonyl (C=O) groups excluding carboxylic acids is 1. The monoisotopic (exact) mass is 400 g/mol. The summed E-state index contributed by atoms with van der Waals surface area (Å²) in [5.74, 6) is 3.16. The van der Waals surface area contributed by atoms with Crippen LogP contribution in [0.2, 0.25) is 0 Å². The fraction of sp³-hybridized carbons (Fsp3) is 0.263. The van der Waals surface area contributed by atoms with Gasteiger partial charge in [0.05, 0.1) is 13.2 Å². The first-order valence-corrected chi connectivity index (χ1v) is 8.68. The number of amides is 1. The smallest absolute Gasteiger partial charge is 0.272 e. The van der Waals surface area contributed by atoms with Crippen LogP contribution in [0.15, 0.2) is 47.1 Å². The topological polar surface area (TPSA) is 51.7 Å². The maximum absolute atomic E-state index is 12.6. The van der Waals surface area contributed by atoms with Gasteiger partial charge in [-0.25, -0.2) is 4.98 Å². The predicted molar refractivity (Wildman–Crippen MR) is 97.5 cm³/mol. The largest absolute Gasteiger partial charge is 0.491 e. The number of morpholine rings is 1. The van der Waals surface area contributed by atoms with Crippen molar-refractivity contribution >= 4 is 21.8 Å². The average molecular weight is 401 g/mol. The summed E-state index contributed by atoms with van der Waals surface area (Å²) in [7, 11) is 0. The Morgan fingerprint density at radius 3 is 3.04 bits per heavy atom. The number of hydrogen-bond acceptors (Lipinski definition) is 4. The summed E-state index contributed by atoms with van der Waals surface area (Å²) in [6.45, 7) is 1.82. The first kappa shape index (κ1) is 17.5. The van der Waals surface area contributed by atoms with Crippen molar-refractivity contribution in [1.29, 1.82) is 0 Å². The highest BCUT2D eigenvalue weighted by atomic mass is 79.9. The number of rotatable bonds is 4. The molecule has 1 unspecified atom stereocenters. The first-order chi connectivity index (χ1) is 12.2. The number of pyridine rings is 1. The van der Waals surface area contributed by atoms with Crippen LogP contribution in [0.4, 0.5) is 0 Å². The lowest BCUT2D eigenvalue weighted by Crippen LogP contribution is -2.47. The second-order valence-electron chi connectivity index (χ2n) is 5.57. The van der Waals surface area contributed by atoms with E-state index in [1.807, 2.05) is 18.2 Å². The van der Waals surface area contributed by atoms with E-state index < -0.39 is 0 Å². The van der Waals surface area contributed by atoms with Crippen molar-refractivity contribution in [2.45, 2.75) is 6.10 Å². The molecule has 2 heterocycles. The maximum Gasteiger partial charge on any atom is 0.272 e. The van der Waals surface area contributed by atoms with Crippen molar-refractivity contribution in [2.75, 3.05) is 26.3 Å². The Bertz CT molecular complexity index is 803. The van der Waals surface area contributed by atoms with Gasteiger partial charge in [-0.1, -0.05) is 18.1 Å². The van der Waals surface area contributed by atoms with Crippen LogP contribution in [0.25, 0.3) is 0 Å². The van der Waals surface area contributed by atoms with Gasteiger partial charge in [-0.15, -0.1) is 6.42 Å². The van der Waals surface area contributed by atoms with Crippen LogP contribution >= 0.6 is 15.9 Å². The zero-order valence-electron chi connectivity index (χ0n) is 13.5. The van der Waals surface area contributed by atoms with Crippen LogP contribution < -0.4 is 4.74 Å². The molecular weight excluding hydrogens is 384 g/mol. The van der Waals surface area contributed by atoms with Gasteiger partial charge in [0, 0.05) is 12.1 Å². The molecule has 0 aliphatic carbocycles. The Labute approximate surface area is 155 Å². The second kappa shape index (κ2) is 8.15. The molecule has 0 bridgehead atoms. The molecule has 1 atom stereocenters. The summed E-state index contributed by atoms with van der Waals surface area (Å²) >= 11 is 3.29. The summed E-state index contributed by atoms with van der Waals surface area (Å²) in [6, 6.07) is 12.6. The Hall–Kier alpha value is -2.36. The van der Waals surface area contributed by atoms with Gasteiger partial charge in [-0.05, 0) is 46.3 Å². The normalized spacial score (nSPS) is 17.0. The van der Waals surface area contributed by atoms with Gasteiger partial charge in [0.15, 0.2) is 0 Å². The van der Waals surface area contributed by atoms with Crippen LogP contribution in [0, 0.1) is 12.3 Å². The van der Waals surface area contributed by atoms with Gasteiger partial charge in [0.2, 0.25) is 0 Å². The van der Waals surface area contributed by atoms with E-state index in [4.69, 9.17) is 15.9 Å². The molecule has 0 radical (unpaired) electrons. The maximum atomic E-state index is 12.6. The minimum absolute atomic E-state index is 0.107. The molecule has 0 N–H and O–H groups in total. The molecule has 3 rings (SSSR count). The Morgan fingerprint density at radius 2 is 2.24 bits per heavy atom. The van der Waals surface area contributed by atoms with Gasteiger partial charge >= 0.3 is 0 Å². The summed E-state index contributed by atoms with van der Waals surface area (Å²) in [5.41, 5.74) is 1.18. The van der Waals surface area contributed by atoms with Crippen LogP contribution in [0.1, 0.15) is 16.1 Å². The van der Waals surface area contributed by atoms with Crippen LogP contribution in [-0.4, -0.2) is 48.2 Å². The molecule has 1 aromatic heterocycles. The van der Waals surface area contributed by atoms with Crippen LogP contribution in [0.3, 0.4) is 0 Å². The molecular formula is C19H17BrN2O3. The van der Waals surface area contributed by atoms with E-state index in [1.165, 1.54) is 0 Å². The molecule has 2 aromatic rings. The molecule has 1 fully saturated rings. The average Bonchev–Trinajstić information content (AvgIpc) is 2.66. The molecule has 5 nitrogen and oxygen atoms in total. The second-order valence-corrected chi connectivity index (χ2v) is 6.39. The first-order valence-electron chi connectivity index (χ1n) is 7.88. The summed E-state index contributed by atoms with van der Waals surface area (Å²) < 4.78 is 12.1. The minimum atomic E-state index is -0.195. The van der Waals surface area contributed by atoms with Crippen molar-refractivity contribution in [3.8, 4) is 18.1 Å². The number of aromatic nitrogens is 1. The van der Waals surface area contributed by atoms with E-state index in [1.54, 1.807) is 29.2 Å². The molecule has 25 heavy (non-hydrogen) atoms. The number of carbonyl (C=O) groups is 1. The number of benzene rings is 1. The molecule has 1 amide bonds. The number of hydrogen-bond donors (Lipinski definition) is 0. The molecule has 1 aliphatic heterocycles. The molecule has 6 heteroatoms. The van der Waals surface area contributed by atoms with Gasteiger partial charge in [-0.2, -0.15) is 0 Å². The fourth-order valence-corrected chi connectivity index (χ4v) is 2.90. The van der Waals surface area contributed by atoms with Crippen molar-refractivity contribution in [2.24, 2.45) is 0 Å². The van der Waals surface area contributed by atoms with E-state index in [9.17, 15) is 4.79 Å². The highest BCUT2D eigenvalue weighted by Crippen LogP contribution is 2.16. The Kier molecular flexibility index (Phi) is 5.69. The summed E-state index contributed by atoms with van der Waals surface area (Å²) in [6.07, 6.45) is 5.20. The van der Waals surface area contributed by atoms with E-state index in [0.717, 1.165) is 5.56 Å². The van der Waals surface area contributed by atoms with Gasteiger partial charge < -0.3 is 14.4 Å². The van der Waals surface area contributed by atoms with Gasteiger partial charge in [0.25, 0.3) is 5.91 Å². The number of nitrogens with zero attached hydrogens (tertiary/aromatic N) is 2. The van der Waals surface area contributed by atoms with Gasteiger partial charge in [-0.3, -0.25) is 4.79 Å². The zero-order chi connectivity index (χ0) is 17.6. The summed E-state index contributed by atoms with van der Waals surface area (Å²) in [4.78, 5) is 18.5. The van der Waals surface area contributed by atoms with Crippen molar-refractivity contribution < 1.29 is 14.3 Å². The molecule has 1 aliphatic rings. The molecule has 128 valence electrons. The quantitative estimate of drug-likeness (QED) is 0.584. The highest BCUT2D eigenvalue weighted by Gasteiger charge is 2.26. The van der Waals surface area contributed by atoms with E-state index in [0.29, 0.717) is 42.3 Å². The van der Waals surface area contributed by atoms with Crippen LogP contribution in [0.5, 0.6) is 5.75 Å². The Balaban J connectivity index is 1.59. The number of ether oxygens (including phenoxy) is 2. The molecule has 1 aromatic carbocycles. The predicted octanol–water partition coefficient (Wildman–Crippen LogP) is 2.75. The van der Waals surface area contributed by atoms with Gasteiger partial charge in [0.1, 0.15) is 28.8 Å². The third-order valence-electron chi connectivity index (χ3n) is 3.80. The molecule has 1 saturated heterocycles. The number of halogens is 1. The van der Waals surface area contributed by atoms with E-state index in [2.05, 4.69) is 26.8 Å². The third kappa shape index (κ3) is 4.59. The molecule has 0 saturated carbocycles. The lowest BCUT2D eigenvalue weighted by atomic mass is 10.2. The molecule has 0 spiro atoms. The minimum Gasteiger partial charge on any atom is -0.491 e. The number of terminal acetylenes is 1. The van der Waals surface area contributed by atoms with E-state index in [-0.39, 0.29) is 12.0 Å². The van der Waals surface area contributed by atoms with Crippen molar-refractivity contribution in [1.82, 2.24) is 9.88 Å². The van der Waals surface area contributed by atoms with Crippen molar-refractivity contribution in [3.63, 3.8) is 0 Å². The van der Waals surface area contributed by atoms with E-state index >= 15 is 0 Å².